The van der Waals surface area contributed by atoms with Gasteiger partial charge < -0.3 is 10.4 Å². The molecule has 1 aromatic rings. The van der Waals surface area contributed by atoms with Crippen LogP contribution >= 0.6 is 0 Å². The van der Waals surface area contributed by atoms with Crippen LogP contribution in [0.2, 0.25) is 0 Å². The third-order valence-corrected chi connectivity index (χ3v) is 4.02. The first kappa shape index (κ1) is 13.4. The maximum Gasteiger partial charge on any atom is 0.115 e. The van der Waals surface area contributed by atoms with E-state index in [2.05, 4.69) is 12.2 Å². The van der Waals surface area contributed by atoms with Gasteiger partial charge in [-0.15, -0.1) is 0 Å². The quantitative estimate of drug-likeness (QED) is 0.806. The van der Waals surface area contributed by atoms with Crippen molar-refractivity contribution in [3.63, 3.8) is 0 Å². The number of benzene rings is 1. The van der Waals surface area contributed by atoms with Gasteiger partial charge in [0.1, 0.15) is 5.75 Å². The zero-order chi connectivity index (χ0) is 12.8. The second-order valence-corrected chi connectivity index (χ2v) is 5.48. The summed E-state index contributed by atoms with van der Waals surface area (Å²) in [5.41, 5.74) is 1.33. The van der Waals surface area contributed by atoms with Crippen molar-refractivity contribution < 1.29 is 5.11 Å². The normalized spacial score (nSPS) is 18.1. The third-order valence-electron chi connectivity index (χ3n) is 4.02. The van der Waals surface area contributed by atoms with Crippen LogP contribution in [0.4, 0.5) is 0 Å². The van der Waals surface area contributed by atoms with Crippen molar-refractivity contribution in [2.75, 3.05) is 6.54 Å². The predicted molar refractivity (Wildman–Crippen MR) is 75.9 cm³/mol. The lowest BCUT2D eigenvalue weighted by Gasteiger charge is -2.25. The fourth-order valence-corrected chi connectivity index (χ4v) is 2.98. The van der Waals surface area contributed by atoms with E-state index < -0.39 is 0 Å². The van der Waals surface area contributed by atoms with Crippen LogP contribution in [0, 0.1) is 5.92 Å². The maximum absolute atomic E-state index is 9.33. The molecule has 0 amide bonds. The largest absolute Gasteiger partial charge is 0.508 e. The first-order valence-electron chi connectivity index (χ1n) is 7.31. The van der Waals surface area contributed by atoms with Crippen LogP contribution in [0.5, 0.6) is 5.75 Å². The van der Waals surface area contributed by atoms with Crippen molar-refractivity contribution >= 4 is 0 Å². The molecule has 1 saturated carbocycles. The highest BCUT2D eigenvalue weighted by atomic mass is 16.3. The molecule has 0 radical (unpaired) electrons. The first-order chi connectivity index (χ1) is 8.79. The van der Waals surface area contributed by atoms with Crippen LogP contribution in [0.3, 0.4) is 0 Å². The fourth-order valence-electron chi connectivity index (χ4n) is 2.98. The summed E-state index contributed by atoms with van der Waals surface area (Å²) in [5.74, 6) is 1.20. The van der Waals surface area contributed by atoms with Gasteiger partial charge in [-0.1, -0.05) is 31.9 Å². The lowest BCUT2D eigenvalue weighted by atomic mass is 9.92. The van der Waals surface area contributed by atoms with E-state index in [1.54, 1.807) is 12.1 Å². The fraction of sp³-hybridized carbons (Fsp3) is 0.625. The van der Waals surface area contributed by atoms with E-state index in [1.165, 1.54) is 37.7 Å². The lowest BCUT2D eigenvalue weighted by molar-refractivity contribution is 0.356. The molecule has 1 aromatic carbocycles. The van der Waals surface area contributed by atoms with Crippen molar-refractivity contribution in [3.05, 3.63) is 29.8 Å². The smallest absolute Gasteiger partial charge is 0.115 e. The van der Waals surface area contributed by atoms with Crippen molar-refractivity contribution in [1.29, 1.82) is 0 Å². The standard InChI is InChI=1S/C16H25NO/c1-2-11-17-16(14-5-3-4-6-14)12-13-7-9-15(18)10-8-13/h7-10,14,16-18H,2-6,11-12H2,1H3. The SMILES string of the molecule is CCCNC(Cc1ccc(O)cc1)C1CCCC1. The van der Waals surface area contributed by atoms with Gasteiger partial charge in [0.2, 0.25) is 0 Å². The molecule has 0 spiro atoms. The Bertz CT molecular complexity index is 341. The number of rotatable bonds is 6. The summed E-state index contributed by atoms with van der Waals surface area (Å²) in [6, 6.07) is 8.29. The van der Waals surface area contributed by atoms with Gasteiger partial charge in [0.05, 0.1) is 0 Å². The Morgan fingerprint density at radius 3 is 2.50 bits per heavy atom. The van der Waals surface area contributed by atoms with Gasteiger partial charge >= 0.3 is 0 Å². The Kier molecular flexibility index (Phi) is 5.06. The minimum atomic E-state index is 0.359. The summed E-state index contributed by atoms with van der Waals surface area (Å²) in [7, 11) is 0. The van der Waals surface area contributed by atoms with Gasteiger partial charge in [0, 0.05) is 6.04 Å². The summed E-state index contributed by atoms with van der Waals surface area (Å²) in [6.45, 7) is 3.33. The highest BCUT2D eigenvalue weighted by molar-refractivity contribution is 5.26. The molecule has 0 aliphatic heterocycles. The molecule has 1 aliphatic rings. The number of aromatic hydroxyl groups is 1. The van der Waals surface area contributed by atoms with Crippen LogP contribution in [0.25, 0.3) is 0 Å². The average molecular weight is 247 g/mol. The highest BCUT2D eigenvalue weighted by Crippen LogP contribution is 2.29. The average Bonchev–Trinajstić information content (AvgIpc) is 2.90. The van der Waals surface area contributed by atoms with Crippen molar-refractivity contribution in [1.82, 2.24) is 5.32 Å². The van der Waals surface area contributed by atoms with Gasteiger partial charge in [0.15, 0.2) is 0 Å². The Labute approximate surface area is 110 Å². The van der Waals surface area contributed by atoms with Crippen LogP contribution in [-0.4, -0.2) is 17.7 Å². The van der Waals surface area contributed by atoms with E-state index >= 15 is 0 Å². The third kappa shape index (κ3) is 3.74. The molecular formula is C16H25NO. The lowest BCUT2D eigenvalue weighted by Crippen LogP contribution is -2.37. The van der Waals surface area contributed by atoms with Crippen molar-refractivity contribution in [2.45, 2.75) is 51.5 Å². The van der Waals surface area contributed by atoms with Gasteiger partial charge in [-0.2, -0.15) is 0 Å². The van der Waals surface area contributed by atoms with E-state index in [0.29, 0.717) is 11.8 Å². The summed E-state index contributed by atoms with van der Waals surface area (Å²) < 4.78 is 0. The number of hydrogen-bond acceptors (Lipinski definition) is 2. The Morgan fingerprint density at radius 1 is 1.22 bits per heavy atom. The zero-order valence-electron chi connectivity index (χ0n) is 11.4. The van der Waals surface area contributed by atoms with E-state index in [-0.39, 0.29) is 0 Å². The molecule has 0 heterocycles. The van der Waals surface area contributed by atoms with Crippen molar-refractivity contribution in [2.24, 2.45) is 5.92 Å². The highest BCUT2D eigenvalue weighted by Gasteiger charge is 2.24. The summed E-state index contributed by atoms with van der Waals surface area (Å²) in [5, 5.41) is 13.0. The molecule has 100 valence electrons. The van der Waals surface area contributed by atoms with Crippen LogP contribution < -0.4 is 5.32 Å². The molecule has 0 aromatic heterocycles. The van der Waals surface area contributed by atoms with E-state index in [0.717, 1.165) is 18.9 Å². The predicted octanol–water partition coefficient (Wildman–Crippen LogP) is 3.49. The molecule has 2 nitrogen and oxygen atoms in total. The molecule has 2 heteroatoms. The number of phenolic OH excluding ortho intramolecular Hbond substituents is 1. The molecule has 18 heavy (non-hydrogen) atoms. The Hall–Kier alpha value is -1.02. The second kappa shape index (κ2) is 6.79. The molecule has 0 saturated heterocycles. The van der Waals surface area contributed by atoms with Gasteiger partial charge in [0.25, 0.3) is 0 Å². The van der Waals surface area contributed by atoms with Crippen LogP contribution in [0.15, 0.2) is 24.3 Å². The first-order valence-corrected chi connectivity index (χ1v) is 7.31. The molecule has 2 N–H and O–H groups in total. The van der Waals surface area contributed by atoms with Crippen molar-refractivity contribution in [3.8, 4) is 5.75 Å². The molecular weight excluding hydrogens is 222 g/mol. The van der Waals surface area contributed by atoms with E-state index in [4.69, 9.17) is 0 Å². The Balaban J connectivity index is 1.97. The summed E-state index contributed by atoms with van der Waals surface area (Å²) >= 11 is 0. The minimum Gasteiger partial charge on any atom is -0.508 e. The zero-order valence-corrected chi connectivity index (χ0v) is 11.4. The summed E-state index contributed by atoms with van der Waals surface area (Å²) in [4.78, 5) is 0. The molecule has 1 atom stereocenters. The number of hydrogen-bond donors (Lipinski definition) is 2. The van der Waals surface area contributed by atoms with Gasteiger partial charge in [-0.25, -0.2) is 0 Å². The molecule has 0 bridgehead atoms. The monoisotopic (exact) mass is 247 g/mol. The summed E-state index contributed by atoms with van der Waals surface area (Å²) in [6.07, 6.45) is 7.82. The second-order valence-electron chi connectivity index (χ2n) is 5.48. The van der Waals surface area contributed by atoms with Crippen LogP contribution in [-0.2, 0) is 6.42 Å². The van der Waals surface area contributed by atoms with Gasteiger partial charge in [-0.05, 0) is 55.8 Å². The number of phenols is 1. The van der Waals surface area contributed by atoms with Gasteiger partial charge in [-0.3, -0.25) is 0 Å². The maximum atomic E-state index is 9.33. The Morgan fingerprint density at radius 2 is 1.89 bits per heavy atom. The molecule has 2 rings (SSSR count). The molecule has 1 aliphatic carbocycles. The molecule has 1 fully saturated rings. The molecule has 1 unspecified atom stereocenters. The topological polar surface area (TPSA) is 32.3 Å². The minimum absolute atomic E-state index is 0.359. The van der Waals surface area contributed by atoms with Crippen LogP contribution in [0.1, 0.15) is 44.6 Å². The van der Waals surface area contributed by atoms with E-state index in [9.17, 15) is 5.11 Å². The number of nitrogens with one attached hydrogen (secondary N) is 1. The van der Waals surface area contributed by atoms with E-state index in [1.807, 2.05) is 12.1 Å².